The van der Waals surface area contributed by atoms with Gasteiger partial charge in [0.1, 0.15) is 23.7 Å². The molecule has 40 heavy (non-hydrogen) atoms. The van der Waals surface area contributed by atoms with Gasteiger partial charge in [-0.3, -0.25) is 19.3 Å². The highest BCUT2D eigenvalue weighted by Gasteiger charge is 2.54. The molecule has 0 aromatic carbocycles. The minimum Gasteiger partial charge on any atom is -0.477 e. The number of fused-ring (bicyclic) bond motifs is 1. The molecule has 0 radical (unpaired) electrons. The third kappa shape index (κ3) is 7.90. The van der Waals surface area contributed by atoms with Crippen molar-refractivity contribution in [2.24, 2.45) is 0 Å². The Bertz CT molecular complexity index is 1280. The lowest BCUT2D eigenvalue weighted by Gasteiger charge is -2.49. The second-order valence-corrected chi connectivity index (χ2v) is 14.3. The van der Waals surface area contributed by atoms with E-state index < -0.39 is 23.3 Å². The highest BCUT2D eigenvalue weighted by molar-refractivity contribution is 8.03. The van der Waals surface area contributed by atoms with Crippen molar-refractivity contribution in [3.05, 3.63) is 22.3 Å². The molecular weight excluding hydrogens is 617 g/mol. The molecule has 216 valence electrons. The predicted molar refractivity (Wildman–Crippen MR) is 156 cm³/mol. The zero-order valence-corrected chi connectivity index (χ0v) is 25.6. The average Bonchev–Trinajstić information content (AvgIpc) is 3.56. The summed E-state index contributed by atoms with van der Waals surface area (Å²) >= 11 is 6.82. The van der Waals surface area contributed by atoms with E-state index in [1.807, 2.05) is 0 Å². The summed E-state index contributed by atoms with van der Waals surface area (Å²) in [6, 6.07) is -0.796. The Morgan fingerprint density at radius 2 is 2.02 bits per heavy atom. The number of esters is 1. The number of hydrogen-bond acceptors (Lipinski definition) is 14. The van der Waals surface area contributed by atoms with Crippen LogP contribution in [0.2, 0.25) is 0 Å². The van der Waals surface area contributed by atoms with E-state index >= 15 is 0 Å². The zero-order chi connectivity index (χ0) is 28.6. The number of aromatic nitrogens is 3. The van der Waals surface area contributed by atoms with Gasteiger partial charge in [0.2, 0.25) is 5.91 Å². The summed E-state index contributed by atoms with van der Waals surface area (Å²) in [5, 5.41) is 22.5. The Balaban J connectivity index is 1.26. The molecule has 0 spiro atoms. The summed E-state index contributed by atoms with van der Waals surface area (Å²) in [7, 11) is 0. The largest absolute Gasteiger partial charge is 0.477 e. The fourth-order valence-electron chi connectivity index (χ4n) is 3.93. The number of β-lactam (4-membered cyclic amide) rings is 1. The van der Waals surface area contributed by atoms with Crippen LogP contribution in [0, 0.1) is 0 Å². The SMILES string of the molecule is CCCCCC(=O)OCCSc1nnc(SCC2=C(C(=O)O)N3C(=O)C(NC(=O)Cc4csc(N)n4)[C@@H]3SC2)s1. The molecule has 17 heteroatoms. The van der Waals surface area contributed by atoms with Gasteiger partial charge < -0.3 is 20.9 Å². The predicted octanol–water partition coefficient (Wildman–Crippen LogP) is 2.87. The number of unbranched alkanes of at least 4 members (excludes halogenated alkanes) is 2. The van der Waals surface area contributed by atoms with Crippen molar-refractivity contribution in [1.29, 1.82) is 0 Å². The van der Waals surface area contributed by atoms with Gasteiger partial charge in [0.05, 0.1) is 12.1 Å². The summed E-state index contributed by atoms with van der Waals surface area (Å²) in [6.07, 6.45) is 3.33. The molecule has 12 nitrogen and oxygen atoms in total. The third-order valence-electron chi connectivity index (χ3n) is 5.79. The maximum Gasteiger partial charge on any atom is 0.352 e. The van der Waals surface area contributed by atoms with Crippen LogP contribution in [0.15, 0.2) is 25.3 Å². The Kier molecular flexibility index (Phi) is 11.1. The molecule has 2 atom stereocenters. The number of carbonyl (C=O) groups excluding carboxylic acids is 3. The number of hydrogen-bond donors (Lipinski definition) is 3. The number of anilines is 1. The number of rotatable bonds is 15. The molecule has 2 aromatic heterocycles. The van der Waals surface area contributed by atoms with Gasteiger partial charge in [0.25, 0.3) is 5.91 Å². The molecule has 2 aliphatic heterocycles. The molecular formula is C23H28N6O6S5. The smallest absolute Gasteiger partial charge is 0.352 e. The van der Waals surface area contributed by atoms with Gasteiger partial charge in [-0.2, -0.15) is 0 Å². The number of nitrogen functional groups attached to an aromatic ring is 1. The second kappa shape index (κ2) is 14.5. The maximum absolute atomic E-state index is 12.9. The van der Waals surface area contributed by atoms with Crippen LogP contribution in [0.5, 0.6) is 0 Å². The lowest BCUT2D eigenvalue weighted by atomic mass is 10.0. The minimum atomic E-state index is -1.19. The van der Waals surface area contributed by atoms with Crippen LogP contribution in [0.25, 0.3) is 0 Å². The Labute approximate surface area is 251 Å². The van der Waals surface area contributed by atoms with Crippen LogP contribution in [-0.2, 0) is 30.3 Å². The number of carboxylic acids is 1. The molecule has 2 amide bonds. The molecule has 0 saturated carbocycles. The van der Waals surface area contributed by atoms with Crippen molar-refractivity contribution in [3.63, 3.8) is 0 Å². The molecule has 2 aromatic rings. The van der Waals surface area contributed by atoms with Crippen LogP contribution in [0.3, 0.4) is 0 Å². The van der Waals surface area contributed by atoms with Crippen LogP contribution in [-0.4, -0.2) is 84.2 Å². The summed E-state index contributed by atoms with van der Waals surface area (Å²) < 4.78 is 6.63. The number of nitrogens with zero attached hydrogens (tertiary/aromatic N) is 4. The minimum absolute atomic E-state index is 0.00922. The molecule has 1 saturated heterocycles. The Hall–Kier alpha value is -2.34. The maximum atomic E-state index is 12.9. The fraction of sp³-hybridized carbons (Fsp3) is 0.522. The van der Waals surface area contributed by atoms with Crippen LogP contribution >= 0.6 is 58.0 Å². The number of thiazole rings is 1. The third-order valence-corrected chi connectivity index (χ3v) is 11.1. The Morgan fingerprint density at radius 1 is 1.25 bits per heavy atom. The highest BCUT2D eigenvalue weighted by atomic mass is 32.2. The van der Waals surface area contributed by atoms with Crippen LogP contribution in [0.1, 0.15) is 38.3 Å². The van der Waals surface area contributed by atoms with Gasteiger partial charge in [-0.15, -0.1) is 33.3 Å². The van der Waals surface area contributed by atoms with Gasteiger partial charge >= 0.3 is 11.9 Å². The number of aliphatic carboxylic acids is 1. The number of thioether (sulfide) groups is 3. The van der Waals surface area contributed by atoms with E-state index in [1.165, 1.54) is 62.9 Å². The first-order chi connectivity index (χ1) is 19.3. The first-order valence-corrected chi connectivity index (χ1v) is 17.1. The Morgan fingerprint density at radius 3 is 2.73 bits per heavy atom. The average molecular weight is 645 g/mol. The van der Waals surface area contributed by atoms with Crippen molar-refractivity contribution in [1.82, 2.24) is 25.4 Å². The molecule has 4 N–H and O–H groups in total. The fourth-order valence-corrected chi connectivity index (χ4v) is 8.88. The van der Waals surface area contributed by atoms with E-state index in [9.17, 15) is 24.3 Å². The molecule has 0 aliphatic carbocycles. The molecule has 1 unspecified atom stereocenters. The van der Waals surface area contributed by atoms with E-state index in [0.717, 1.165) is 23.6 Å². The van der Waals surface area contributed by atoms with Crippen molar-refractivity contribution in [2.45, 2.75) is 59.1 Å². The standard InChI is InChI=1S/C23H28N6O6S5/c1-2-3-4-5-15(31)35-6-7-36-22-27-28-23(40-22)39-10-12-9-37-19-16(18(32)29(19)17(12)20(33)34)26-14(30)8-13-11-38-21(24)25-13/h11,16,19H,2-10H2,1H3,(H2,24,25)(H,26,30)(H,33,34)/t16?,19-/m0/s1. The highest BCUT2D eigenvalue weighted by Crippen LogP contribution is 2.42. The van der Waals surface area contributed by atoms with Gasteiger partial charge in [-0.05, 0) is 12.0 Å². The number of nitrogens with one attached hydrogen (secondary N) is 1. The van der Waals surface area contributed by atoms with Crippen molar-refractivity contribution < 1.29 is 29.0 Å². The van der Waals surface area contributed by atoms with Crippen molar-refractivity contribution in [3.8, 4) is 0 Å². The van der Waals surface area contributed by atoms with Gasteiger partial charge in [-0.25, -0.2) is 9.78 Å². The number of nitrogens with two attached hydrogens (primary N) is 1. The lowest BCUT2D eigenvalue weighted by Crippen LogP contribution is -2.70. The monoisotopic (exact) mass is 644 g/mol. The van der Waals surface area contributed by atoms with E-state index in [1.54, 1.807) is 5.38 Å². The number of carbonyl (C=O) groups is 4. The number of amides is 2. The van der Waals surface area contributed by atoms with Gasteiger partial charge in [-0.1, -0.05) is 54.6 Å². The molecule has 0 bridgehead atoms. The second-order valence-electron chi connectivity index (χ2n) is 8.71. The molecule has 4 rings (SSSR count). The molecule has 4 heterocycles. The topological polar surface area (TPSA) is 178 Å². The van der Waals surface area contributed by atoms with E-state index in [2.05, 4.69) is 27.4 Å². The van der Waals surface area contributed by atoms with E-state index in [4.69, 9.17) is 10.5 Å². The van der Waals surface area contributed by atoms with Crippen molar-refractivity contribution in [2.75, 3.05) is 29.6 Å². The number of carboxylic acid groups (broad SMARTS) is 1. The quantitative estimate of drug-likeness (QED) is 0.112. The first kappa shape index (κ1) is 30.6. The van der Waals surface area contributed by atoms with Crippen LogP contribution in [0.4, 0.5) is 5.13 Å². The summed E-state index contributed by atoms with van der Waals surface area (Å²) in [4.78, 5) is 54.4. The summed E-state index contributed by atoms with van der Waals surface area (Å²) in [6.45, 7) is 2.38. The number of ether oxygens (including phenoxy) is 1. The van der Waals surface area contributed by atoms with E-state index in [0.29, 0.717) is 51.0 Å². The van der Waals surface area contributed by atoms with Gasteiger partial charge in [0.15, 0.2) is 13.8 Å². The first-order valence-electron chi connectivity index (χ1n) is 12.4. The molecule has 2 aliphatic rings. The van der Waals surface area contributed by atoms with Gasteiger partial charge in [0, 0.05) is 29.1 Å². The summed E-state index contributed by atoms with van der Waals surface area (Å²) in [5.41, 5.74) is 6.68. The summed E-state index contributed by atoms with van der Waals surface area (Å²) in [5.74, 6) is -0.893. The van der Waals surface area contributed by atoms with Crippen LogP contribution < -0.4 is 11.1 Å². The van der Waals surface area contributed by atoms with Crippen molar-refractivity contribution >= 4 is 86.8 Å². The zero-order valence-electron chi connectivity index (χ0n) is 21.5. The molecule has 1 fully saturated rings. The lowest BCUT2D eigenvalue weighted by molar-refractivity contribution is -0.150. The van der Waals surface area contributed by atoms with E-state index in [-0.39, 0.29) is 24.0 Å². The normalized spacial score (nSPS) is 18.3.